The van der Waals surface area contributed by atoms with Gasteiger partial charge in [-0.1, -0.05) is 66.9 Å². The molecule has 108 valence electrons. The SMILES string of the molecule is CC.Cc1ccc(C)cc1.Cc1ccc([N+](=O)[O-])cc1. The van der Waals surface area contributed by atoms with Crippen molar-refractivity contribution >= 4 is 5.69 Å². The Hall–Kier alpha value is -2.16. The number of hydrogen-bond acceptors (Lipinski definition) is 2. The van der Waals surface area contributed by atoms with Crippen LogP contribution in [0.25, 0.3) is 0 Å². The van der Waals surface area contributed by atoms with Crippen LogP contribution in [0.4, 0.5) is 5.69 Å². The summed E-state index contributed by atoms with van der Waals surface area (Å²) < 4.78 is 0. The van der Waals surface area contributed by atoms with Crippen molar-refractivity contribution in [3.63, 3.8) is 0 Å². The van der Waals surface area contributed by atoms with Gasteiger partial charge in [0, 0.05) is 12.1 Å². The summed E-state index contributed by atoms with van der Waals surface area (Å²) in [7, 11) is 0. The molecule has 2 aromatic carbocycles. The van der Waals surface area contributed by atoms with Crippen LogP contribution >= 0.6 is 0 Å². The quantitative estimate of drug-likeness (QED) is 0.527. The van der Waals surface area contributed by atoms with E-state index in [2.05, 4.69) is 38.1 Å². The molecule has 0 bridgehead atoms. The lowest BCUT2D eigenvalue weighted by Gasteiger charge is -1.90. The Bertz CT molecular complexity index is 481. The van der Waals surface area contributed by atoms with Gasteiger partial charge in [0.25, 0.3) is 5.69 Å². The fraction of sp³-hybridized carbons (Fsp3) is 0.294. The number of nitro groups is 1. The third-order valence-corrected chi connectivity index (χ3v) is 2.46. The van der Waals surface area contributed by atoms with Crippen LogP contribution in [0.15, 0.2) is 48.5 Å². The van der Waals surface area contributed by atoms with Crippen molar-refractivity contribution in [3.05, 3.63) is 75.3 Å². The Kier molecular flexibility index (Phi) is 8.68. The summed E-state index contributed by atoms with van der Waals surface area (Å²) >= 11 is 0. The molecule has 0 amide bonds. The van der Waals surface area contributed by atoms with Gasteiger partial charge in [-0.05, 0) is 20.8 Å². The van der Waals surface area contributed by atoms with E-state index in [1.165, 1.54) is 23.3 Å². The first-order valence-corrected chi connectivity index (χ1v) is 6.73. The molecule has 0 spiro atoms. The molecule has 20 heavy (non-hydrogen) atoms. The Balaban J connectivity index is 0.000000327. The molecule has 0 saturated heterocycles. The van der Waals surface area contributed by atoms with E-state index in [4.69, 9.17) is 0 Å². The van der Waals surface area contributed by atoms with Crippen LogP contribution in [0.1, 0.15) is 30.5 Å². The van der Waals surface area contributed by atoms with Crippen molar-refractivity contribution in [2.45, 2.75) is 34.6 Å². The average molecular weight is 273 g/mol. The van der Waals surface area contributed by atoms with E-state index in [9.17, 15) is 10.1 Å². The predicted octanol–water partition coefficient (Wildman–Crippen LogP) is 5.23. The maximum Gasteiger partial charge on any atom is 0.269 e. The summed E-state index contributed by atoms with van der Waals surface area (Å²) in [6, 6.07) is 14.9. The van der Waals surface area contributed by atoms with Crippen LogP contribution in [-0.4, -0.2) is 4.92 Å². The molecule has 0 aliphatic carbocycles. The smallest absolute Gasteiger partial charge is 0.258 e. The fourth-order valence-corrected chi connectivity index (χ4v) is 1.30. The first-order valence-electron chi connectivity index (χ1n) is 6.73. The standard InChI is InChI=1S/C8H10.C7H7NO2.C2H6/c1-7-3-5-8(2)6-4-7;1-6-2-4-7(5-3-6)8(9)10;1-2/h3-6H,1-2H3;2-5H,1H3;1-2H3. The Morgan fingerprint density at radius 3 is 1.20 bits per heavy atom. The summed E-state index contributed by atoms with van der Waals surface area (Å²) in [6.07, 6.45) is 0. The molecule has 0 saturated carbocycles. The third kappa shape index (κ3) is 7.31. The molecular formula is C17H23NO2. The molecule has 0 heterocycles. The summed E-state index contributed by atoms with van der Waals surface area (Å²) in [5.74, 6) is 0. The van der Waals surface area contributed by atoms with E-state index in [-0.39, 0.29) is 5.69 Å². The minimum Gasteiger partial charge on any atom is -0.258 e. The number of nitrogens with zero attached hydrogens (tertiary/aromatic N) is 1. The Labute approximate surface area is 121 Å². The zero-order valence-corrected chi connectivity index (χ0v) is 12.9. The van der Waals surface area contributed by atoms with Gasteiger partial charge in [-0.25, -0.2) is 0 Å². The number of rotatable bonds is 1. The van der Waals surface area contributed by atoms with Crippen molar-refractivity contribution < 1.29 is 4.92 Å². The van der Waals surface area contributed by atoms with E-state index in [0.717, 1.165) is 5.56 Å². The topological polar surface area (TPSA) is 43.1 Å². The number of benzene rings is 2. The number of non-ortho nitro benzene ring substituents is 1. The van der Waals surface area contributed by atoms with Crippen molar-refractivity contribution in [1.29, 1.82) is 0 Å². The molecule has 0 radical (unpaired) electrons. The van der Waals surface area contributed by atoms with Crippen molar-refractivity contribution in [2.24, 2.45) is 0 Å². The second-order valence-electron chi connectivity index (χ2n) is 4.25. The highest BCUT2D eigenvalue weighted by atomic mass is 16.6. The Morgan fingerprint density at radius 2 is 0.950 bits per heavy atom. The number of nitro benzene ring substituents is 1. The van der Waals surface area contributed by atoms with Crippen LogP contribution in [0.5, 0.6) is 0 Å². The van der Waals surface area contributed by atoms with Crippen molar-refractivity contribution in [1.82, 2.24) is 0 Å². The second kappa shape index (κ2) is 9.73. The van der Waals surface area contributed by atoms with Gasteiger partial charge in [-0.15, -0.1) is 0 Å². The van der Waals surface area contributed by atoms with E-state index in [1.807, 2.05) is 20.8 Å². The largest absolute Gasteiger partial charge is 0.269 e. The first-order chi connectivity index (χ1) is 9.49. The van der Waals surface area contributed by atoms with Gasteiger partial charge < -0.3 is 0 Å². The number of hydrogen-bond donors (Lipinski definition) is 0. The van der Waals surface area contributed by atoms with Crippen LogP contribution in [0.3, 0.4) is 0 Å². The van der Waals surface area contributed by atoms with E-state index < -0.39 is 4.92 Å². The molecule has 0 N–H and O–H groups in total. The predicted molar refractivity (Wildman–Crippen MR) is 85.1 cm³/mol. The van der Waals surface area contributed by atoms with Gasteiger partial charge in [0.15, 0.2) is 0 Å². The highest BCUT2D eigenvalue weighted by Crippen LogP contribution is 2.10. The van der Waals surface area contributed by atoms with Gasteiger partial charge in [0.05, 0.1) is 4.92 Å². The maximum atomic E-state index is 10.1. The summed E-state index contributed by atoms with van der Waals surface area (Å²) in [5.41, 5.74) is 3.84. The normalized spacial score (nSPS) is 8.65. The van der Waals surface area contributed by atoms with Crippen molar-refractivity contribution in [2.75, 3.05) is 0 Å². The molecule has 0 aliphatic rings. The van der Waals surface area contributed by atoms with Crippen LogP contribution < -0.4 is 0 Å². The van der Waals surface area contributed by atoms with Gasteiger partial charge in [0.2, 0.25) is 0 Å². The van der Waals surface area contributed by atoms with Gasteiger partial charge >= 0.3 is 0 Å². The molecule has 0 aromatic heterocycles. The zero-order chi connectivity index (χ0) is 15.5. The molecule has 2 aromatic rings. The lowest BCUT2D eigenvalue weighted by molar-refractivity contribution is -0.384. The average Bonchev–Trinajstić information content (AvgIpc) is 2.45. The first kappa shape index (κ1) is 17.8. The summed E-state index contributed by atoms with van der Waals surface area (Å²) in [5, 5.41) is 10.1. The lowest BCUT2D eigenvalue weighted by atomic mass is 10.2. The minimum absolute atomic E-state index is 0.144. The van der Waals surface area contributed by atoms with Gasteiger partial charge in [-0.2, -0.15) is 0 Å². The van der Waals surface area contributed by atoms with Crippen LogP contribution in [0, 0.1) is 30.9 Å². The zero-order valence-electron chi connectivity index (χ0n) is 12.9. The Morgan fingerprint density at radius 1 is 0.700 bits per heavy atom. The second-order valence-corrected chi connectivity index (χ2v) is 4.25. The fourth-order valence-electron chi connectivity index (χ4n) is 1.30. The third-order valence-electron chi connectivity index (χ3n) is 2.46. The van der Waals surface area contributed by atoms with Gasteiger partial charge in [0.1, 0.15) is 0 Å². The molecule has 2 rings (SSSR count). The summed E-state index contributed by atoms with van der Waals surface area (Å²) in [6.45, 7) is 10.1. The maximum absolute atomic E-state index is 10.1. The molecule has 0 aliphatic heterocycles. The van der Waals surface area contributed by atoms with Crippen molar-refractivity contribution in [3.8, 4) is 0 Å². The molecule has 0 fully saturated rings. The van der Waals surface area contributed by atoms with Crippen LogP contribution in [0.2, 0.25) is 0 Å². The highest BCUT2D eigenvalue weighted by Gasteiger charge is 2.00. The van der Waals surface area contributed by atoms with Gasteiger partial charge in [-0.3, -0.25) is 10.1 Å². The van der Waals surface area contributed by atoms with Crippen LogP contribution in [-0.2, 0) is 0 Å². The highest BCUT2D eigenvalue weighted by molar-refractivity contribution is 5.32. The molecule has 3 heteroatoms. The van der Waals surface area contributed by atoms with E-state index >= 15 is 0 Å². The van der Waals surface area contributed by atoms with E-state index in [0.29, 0.717) is 0 Å². The summed E-state index contributed by atoms with van der Waals surface area (Å²) in [4.78, 5) is 9.71. The monoisotopic (exact) mass is 273 g/mol. The lowest BCUT2D eigenvalue weighted by Crippen LogP contribution is -1.86. The molecular weight excluding hydrogens is 250 g/mol. The minimum atomic E-state index is -0.403. The van der Waals surface area contributed by atoms with E-state index in [1.54, 1.807) is 12.1 Å². The molecule has 0 atom stereocenters. The number of aryl methyl sites for hydroxylation is 3. The molecule has 0 unspecified atom stereocenters. The molecule has 3 nitrogen and oxygen atoms in total.